The van der Waals surface area contributed by atoms with Crippen LogP contribution >= 0.6 is 23.2 Å². The highest BCUT2D eigenvalue weighted by Crippen LogP contribution is 2.34. The van der Waals surface area contributed by atoms with Crippen molar-refractivity contribution in [2.45, 2.75) is 63.7 Å². The maximum Gasteiger partial charge on any atom is 0.323 e. The standard InChI is InChI=1S/C43H48Cl2N14O9/c1-24(66-2)37-30(23-48-33-22-32(45)55-58(33)37)52-43(65)51-29-21-27(44)38(59-49-13-14-50-59)54-40(29)68-20-15-47-34(60)11-18-56-16-9-25(10-17-56)67-19-4-12-46-28-6-3-5-26-36(28)42(64)57(41(26)63)31-7-8-35(61)53-39(31)62/h3,5-6,13-14,21-25,31,46H,4,7-12,15-20H2,1-2H3,(H,47,60)(H2,51,52,65)(H,53,61,62). The van der Waals surface area contributed by atoms with Crippen molar-refractivity contribution in [3.63, 3.8) is 0 Å². The first-order valence-corrected chi connectivity index (χ1v) is 22.7. The maximum atomic E-state index is 13.4. The molecule has 2 fully saturated rings. The Balaban J connectivity index is 0.755. The molecule has 0 saturated carbocycles. The first-order chi connectivity index (χ1) is 32.9. The number of amides is 7. The van der Waals surface area contributed by atoms with Crippen molar-refractivity contribution in [1.29, 1.82) is 0 Å². The summed E-state index contributed by atoms with van der Waals surface area (Å²) < 4.78 is 19.1. The van der Waals surface area contributed by atoms with Crippen LogP contribution in [0, 0.1) is 0 Å². The molecule has 1 aromatic carbocycles. The quantitative estimate of drug-likeness (QED) is 0.0584. The third-order valence-electron chi connectivity index (χ3n) is 11.6. The summed E-state index contributed by atoms with van der Waals surface area (Å²) in [6.45, 7) is 5.01. The lowest BCUT2D eigenvalue weighted by molar-refractivity contribution is -0.136. The van der Waals surface area contributed by atoms with Crippen LogP contribution in [0.15, 0.2) is 48.9 Å². The lowest BCUT2D eigenvalue weighted by Gasteiger charge is -2.31. The van der Waals surface area contributed by atoms with Crippen molar-refractivity contribution in [3.05, 3.63) is 75.9 Å². The molecule has 2 saturated heterocycles. The summed E-state index contributed by atoms with van der Waals surface area (Å²) in [6.07, 6.45) is 6.62. The summed E-state index contributed by atoms with van der Waals surface area (Å²) >= 11 is 12.7. The second-order valence-corrected chi connectivity index (χ2v) is 16.8. The Kier molecular flexibility index (Phi) is 15.0. The van der Waals surface area contributed by atoms with Crippen LogP contribution in [0.4, 0.5) is 21.9 Å². The number of carbonyl (C=O) groups is 6. The maximum absolute atomic E-state index is 13.4. The van der Waals surface area contributed by atoms with Crippen LogP contribution in [0.25, 0.3) is 11.5 Å². The van der Waals surface area contributed by atoms with Gasteiger partial charge >= 0.3 is 6.03 Å². The van der Waals surface area contributed by atoms with Crippen LogP contribution in [-0.2, 0) is 23.9 Å². The number of benzene rings is 1. The van der Waals surface area contributed by atoms with Crippen LogP contribution in [0.1, 0.15) is 78.0 Å². The normalized spacial score (nSPS) is 17.0. The van der Waals surface area contributed by atoms with E-state index in [9.17, 15) is 28.8 Å². The fourth-order valence-corrected chi connectivity index (χ4v) is 8.52. The van der Waals surface area contributed by atoms with Gasteiger partial charge in [0.15, 0.2) is 16.6 Å². The molecular weight excluding hydrogens is 927 g/mol. The lowest BCUT2D eigenvalue weighted by atomic mass is 10.0. The average molecular weight is 976 g/mol. The Labute approximate surface area is 398 Å². The van der Waals surface area contributed by atoms with E-state index < -0.39 is 41.8 Å². The first kappa shape index (κ1) is 47.7. The van der Waals surface area contributed by atoms with Gasteiger partial charge in [0, 0.05) is 64.5 Å². The molecule has 358 valence electrons. The molecular formula is C43H48Cl2N14O9. The van der Waals surface area contributed by atoms with Crippen LogP contribution < -0.4 is 31.3 Å². The van der Waals surface area contributed by atoms with Crippen molar-refractivity contribution in [3.8, 4) is 11.7 Å². The molecule has 0 bridgehead atoms. The number of imide groups is 2. The number of hydrogen-bond donors (Lipinski definition) is 5. The Morgan fingerprint density at radius 3 is 2.50 bits per heavy atom. The van der Waals surface area contributed by atoms with Crippen LogP contribution in [0.5, 0.6) is 5.88 Å². The number of rotatable bonds is 19. The van der Waals surface area contributed by atoms with Gasteiger partial charge in [0.25, 0.3) is 11.8 Å². The summed E-state index contributed by atoms with van der Waals surface area (Å²) in [4.78, 5) is 90.0. The first-order valence-electron chi connectivity index (χ1n) is 21.9. The number of pyridine rings is 1. The Bertz CT molecular complexity index is 2710. The van der Waals surface area contributed by atoms with E-state index in [0.29, 0.717) is 48.8 Å². The number of methoxy groups -OCH3 is 1. The number of carbonyl (C=O) groups excluding carboxylic acids is 6. The number of fused-ring (bicyclic) bond motifs is 2. The van der Waals surface area contributed by atoms with Gasteiger partial charge in [-0.05, 0) is 50.8 Å². The molecule has 3 aliphatic heterocycles. The minimum atomic E-state index is -1.03. The number of ether oxygens (including phenoxy) is 3. The van der Waals surface area contributed by atoms with Gasteiger partial charge in [-0.1, -0.05) is 29.3 Å². The van der Waals surface area contributed by atoms with Gasteiger partial charge < -0.3 is 40.4 Å². The largest absolute Gasteiger partial charge is 0.474 e. The van der Waals surface area contributed by atoms with Gasteiger partial charge in [0.05, 0.1) is 64.9 Å². The van der Waals surface area contributed by atoms with Crippen molar-refractivity contribution in [1.82, 2.24) is 55.0 Å². The van der Waals surface area contributed by atoms with E-state index in [1.807, 2.05) is 0 Å². The molecule has 68 heavy (non-hydrogen) atoms. The number of hydrogen-bond acceptors (Lipinski definition) is 16. The molecule has 23 nitrogen and oxygen atoms in total. The fraction of sp³-hybridized carbons (Fsp3) is 0.419. The topological polar surface area (TPSA) is 271 Å². The summed E-state index contributed by atoms with van der Waals surface area (Å²) in [5.41, 5.74) is 2.34. The molecule has 25 heteroatoms. The van der Waals surface area contributed by atoms with Crippen molar-refractivity contribution in [2.24, 2.45) is 0 Å². The highest BCUT2D eigenvalue weighted by atomic mass is 35.5. The smallest absolute Gasteiger partial charge is 0.323 e. The molecule has 0 radical (unpaired) electrons. The predicted octanol–water partition coefficient (Wildman–Crippen LogP) is 3.63. The Morgan fingerprint density at radius 1 is 0.956 bits per heavy atom. The Morgan fingerprint density at radius 2 is 1.74 bits per heavy atom. The zero-order valence-electron chi connectivity index (χ0n) is 37.0. The molecule has 5 N–H and O–H groups in total. The van der Waals surface area contributed by atoms with Gasteiger partial charge in [0.2, 0.25) is 23.6 Å². The molecule has 7 heterocycles. The number of anilines is 3. The van der Waals surface area contributed by atoms with Crippen LogP contribution in [0.3, 0.4) is 0 Å². The molecule has 4 aromatic heterocycles. The molecule has 2 atom stereocenters. The summed E-state index contributed by atoms with van der Waals surface area (Å²) in [5, 5.41) is 26.6. The van der Waals surface area contributed by atoms with E-state index in [4.69, 9.17) is 37.4 Å². The van der Waals surface area contributed by atoms with Crippen LogP contribution in [-0.4, -0.2) is 145 Å². The molecule has 8 rings (SSSR count). The summed E-state index contributed by atoms with van der Waals surface area (Å²) in [5.74, 6) is -2.20. The number of halogens is 2. The number of nitrogens with zero attached hydrogens (tertiary/aromatic N) is 9. The summed E-state index contributed by atoms with van der Waals surface area (Å²) in [7, 11) is 1.52. The third-order valence-corrected chi connectivity index (χ3v) is 12.0. The molecule has 3 aliphatic rings. The second kappa shape index (κ2) is 21.4. The highest BCUT2D eigenvalue weighted by molar-refractivity contribution is 6.32. The molecule has 7 amide bonds. The number of nitrogens with one attached hydrogen (secondary N) is 5. The van der Waals surface area contributed by atoms with Gasteiger partial charge in [0.1, 0.15) is 18.3 Å². The summed E-state index contributed by atoms with van der Waals surface area (Å²) in [6, 6.07) is 6.29. The van der Waals surface area contributed by atoms with E-state index in [1.54, 1.807) is 31.2 Å². The van der Waals surface area contributed by atoms with Crippen LogP contribution in [0.2, 0.25) is 10.2 Å². The molecule has 0 spiro atoms. The zero-order chi connectivity index (χ0) is 47.9. The number of urea groups is 1. The minimum Gasteiger partial charge on any atom is -0.474 e. The number of piperidine rings is 2. The minimum absolute atomic E-state index is 0.000929. The van der Waals surface area contributed by atoms with E-state index in [1.165, 1.54) is 41.1 Å². The second-order valence-electron chi connectivity index (χ2n) is 16.0. The van der Waals surface area contributed by atoms with Gasteiger partial charge in [-0.15, -0.1) is 4.80 Å². The Hall–Kier alpha value is -6.79. The van der Waals surface area contributed by atoms with E-state index in [2.05, 4.69) is 56.7 Å². The van der Waals surface area contributed by atoms with E-state index in [-0.39, 0.29) is 83.1 Å². The molecule has 2 unspecified atom stereocenters. The van der Waals surface area contributed by atoms with Gasteiger partial charge in [-0.3, -0.25) is 34.2 Å². The third kappa shape index (κ3) is 10.8. The SMILES string of the molecule is COC(C)c1c(NC(=O)Nc2cc(Cl)c(-n3nccn3)nc2OCCNC(=O)CCN2CCC(OCCCNc3cccc4c3C(=O)N(C3CCC(=O)NC3=O)C4=O)CC2)cnc2cc(Cl)nn12. The fourth-order valence-electron chi connectivity index (χ4n) is 8.12. The van der Waals surface area contributed by atoms with Crippen molar-refractivity contribution >= 4 is 81.5 Å². The number of likely N-dealkylation sites (tertiary alicyclic amines) is 1. The molecule has 0 aliphatic carbocycles. The molecule has 5 aromatic rings. The van der Waals surface area contributed by atoms with Crippen molar-refractivity contribution < 1.29 is 43.0 Å². The predicted molar refractivity (Wildman–Crippen MR) is 245 cm³/mol. The van der Waals surface area contributed by atoms with E-state index >= 15 is 0 Å². The van der Waals surface area contributed by atoms with Gasteiger partial charge in [-0.2, -0.15) is 20.3 Å². The highest BCUT2D eigenvalue weighted by Gasteiger charge is 2.45. The van der Waals surface area contributed by atoms with Crippen molar-refractivity contribution in [2.75, 3.05) is 69.0 Å². The average Bonchev–Trinajstić information content (AvgIpc) is 4.06. The van der Waals surface area contributed by atoms with Gasteiger partial charge in [-0.25, -0.2) is 14.3 Å². The zero-order valence-corrected chi connectivity index (χ0v) is 38.5. The lowest BCUT2D eigenvalue weighted by Crippen LogP contribution is -2.54. The monoisotopic (exact) mass is 974 g/mol. The van der Waals surface area contributed by atoms with E-state index in [0.717, 1.165) is 30.8 Å². The number of aromatic nitrogens is 7.